The lowest BCUT2D eigenvalue weighted by Gasteiger charge is -1.86. The molecule has 0 radical (unpaired) electrons. The van der Waals surface area contributed by atoms with Crippen LogP contribution < -0.4 is 0 Å². The Labute approximate surface area is 58.1 Å². The van der Waals surface area contributed by atoms with Crippen LogP contribution in [0.3, 0.4) is 0 Å². The highest BCUT2D eigenvalue weighted by Crippen LogP contribution is 2.06. The van der Waals surface area contributed by atoms with Crippen LogP contribution in [0.4, 0.5) is 5.82 Å². The van der Waals surface area contributed by atoms with Crippen molar-refractivity contribution in [2.45, 2.75) is 0 Å². The minimum absolute atomic E-state index is 0.254. The van der Waals surface area contributed by atoms with Gasteiger partial charge in [0.2, 0.25) is 0 Å². The standard InChI is InChI=1S/C7H4N2O/c1-8-7-4-6(5-10)2-3-9-7/h2-5H. The van der Waals surface area contributed by atoms with Gasteiger partial charge in [0.1, 0.15) is 12.5 Å². The van der Waals surface area contributed by atoms with E-state index in [-0.39, 0.29) is 5.82 Å². The first-order valence-corrected chi connectivity index (χ1v) is 2.65. The van der Waals surface area contributed by atoms with Crippen LogP contribution in [0.25, 0.3) is 4.85 Å². The second kappa shape index (κ2) is 2.74. The molecule has 0 spiro atoms. The second-order valence-electron chi connectivity index (χ2n) is 1.68. The maximum Gasteiger partial charge on any atom is 0.270 e. The van der Waals surface area contributed by atoms with Gasteiger partial charge in [0.15, 0.2) is 0 Å². The van der Waals surface area contributed by atoms with Crippen molar-refractivity contribution in [3.8, 4) is 0 Å². The molecular formula is C7H4N2O. The summed E-state index contributed by atoms with van der Waals surface area (Å²) >= 11 is 0. The maximum absolute atomic E-state index is 10.1. The van der Waals surface area contributed by atoms with Crippen LogP contribution in [0.2, 0.25) is 0 Å². The van der Waals surface area contributed by atoms with Gasteiger partial charge in [0.25, 0.3) is 5.82 Å². The van der Waals surface area contributed by atoms with E-state index in [1.807, 2.05) is 0 Å². The van der Waals surface area contributed by atoms with Crippen LogP contribution in [0.1, 0.15) is 10.4 Å². The van der Waals surface area contributed by atoms with Gasteiger partial charge in [-0.05, 0) is 12.1 Å². The number of aromatic nitrogens is 1. The second-order valence-corrected chi connectivity index (χ2v) is 1.68. The third kappa shape index (κ3) is 1.17. The highest BCUT2D eigenvalue weighted by atomic mass is 16.1. The summed E-state index contributed by atoms with van der Waals surface area (Å²) in [5, 5.41) is 0. The van der Waals surface area contributed by atoms with Gasteiger partial charge in [-0.1, -0.05) is 6.57 Å². The zero-order valence-corrected chi connectivity index (χ0v) is 5.11. The van der Waals surface area contributed by atoms with E-state index in [1.54, 1.807) is 6.07 Å². The summed E-state index contributed by atoms with van der Waals surface area (Å²) in [4.78, 5) is 16.9. The first kappa shape index (κ1) is 6.43. The van der Waals surface area contributed by atoms with Gasteiger partial charge in [-0.2, -0.15) is 0 Å². The first-order chi connectivity index (χ1) is 4.86. The normalized spacial score (nSPS) is 8.30. The van der Waals surface area contributed by atoms with Crippen LogP contribution >= 0.6 is 0 Å². The van der Waals surface area contributed by atoms with Crippen molar-refractivity contribution in [3.63, 3.8) is 0 Å². The lowest BCUT2D eigenvalue weighted by Crippen LogP contribution is -1.78. The molecule has 0 saturated heterocycles. The maximum atomic E-state index is 10.1. The smallest absolute Gasteiger partial charge is 0.270 e. The van der Waals surface area contributed by atoms with Gasteiger partial charge in [-0.25, -0.2) is 0 Å². The number of pyridine rings is 1. The van der Waals surface area contributed by atoms with E-state index in [2.05, 4.69) is 9.83 Å². The fourth-order valence-electron chi connectivity index (χ4n) is 0.569. The molecule has 3 nitrogen and oxygen atoms in total. The lowest BCUT2D eigenvalue weighted by molar-refractivity contribution is 0.112. The fourth-order valence-corrected chi connectivity index (χ4v) is 0.569. The molecule has 0 bridgehead atoms. The summed E-state index contributed by atoms with van der Waals surface area (Å²) in [7, 11) is 0. The van der Waals surface area contributed by atoms with E-state index in [4.69, 9.17) is 6.57 Å². The molecule has 0 aliphatic rings. The molecule has 0 aromatic carbocycles. The van der Waals surface area contributed by atoms with Gasteiger partial charge < -0.3 is 4.85 Å². The quantitative estimate of drug-likeness (QED) is 0.428. The number of carbonyl (C=O) groups is 1. The van der Waals surface area contributed by atoms with E-state index in [0.29, 0.717) is 11.8 Å². The molecule has 48 valence electrons. The van der Waals surface area contributed by atoms with E-state index in [1.165, 1.54) is 12.3 Å². The Hall–Kier alpha value is -1.69. The van der Waals surface area contributed by atoms with Crippen molar-refractivity contribution in [2.75, 3.05) is 0 Å². The van der Waals surface area contributed by atoms with Crippen molar-refractivity contribution in [1.82, 2.24) is 4.98 Å². The van der Waals surface area contributed by atoms with Crippen molar-refractivity contribution in [2.24, 2.45) is 0 Å². The lowest BCUT2D eigenvalue weighted by atomic mass is 10.3. The molecule has 0 unspecified atom stereocenters. The van der Waals surface area contributed by atoms with Crippen molar-refractivity contribution >= 4 is 12.1 Å². The Morgan fingerprint density at radius 3 is 3.10 bits per heavy atom. The highest BCUT2D eigenvalue weighted by Gasteiger charge is 1.93. The number of hydrogen-bond donors (Lipinski definition) is 0. The minimum Gasteiger partial charge on any atom is -0.361 e. The van der Waals surface area contributed by atoms with E-state index in [0.717, 1.165) is 0 Å². The predicted molar refractivity (Wildman–Crippen MR) is 35.9 cm³/mol. The molecule has 0 fully saturated rings. The van der Waals surface area contributed by atoms with Crippen LogP contribution in [0.15, 0.2) is 18.3 Å². The molecule has 1 aromatic heterocycles. The van der Waals surface area contributed by atoms with Crippen molar-refractivity contribution in [3.05, 3.63) is 35.3 Å². The average Bonchev–Trinajstić information content (AvgIpc) is 2.05. The molecule has 0 saturated carbocycles. The summed E-state index contributed by atoms with van der Waals surface area (Å²) in [5.41, 5.74) is 0.487. The summed E-state index contributed by atoms with van der Waals surface area (Å²) in [6.07, 6.45) is 2.13. The average molecular weight is 132 g/mol. The van der Waals surface area contributed by atoms with E-state index < -0.39 is 0 Å². The number of aldehydes is 1. The first-order valence-electron chi connectivity index (χ1n) is 2.65. The van der Waals surface area contributed by atoms with Gasteiger partial charge >= 0.3 is 0 Å². The van der Waals surface area contributed by atoms with Gasteiger partial charge in [0.05, 0.1) is 0 Å². The molecule has 0 N–H and O–H groups in total. The highest BCUT2D eigenvalue weighted by molar-refractivity contribution is 5.76. The molecule has 0 atom stereocenters. The topological polar surface area (TPSA) is 34.3 Å². The zero-order chi connectivity index (χ0) is 7.40. The summed E-state index contributed by atoms with van der Waals surface area (Å²) in [5.74, 6) is 0.254. The molecule has 0 amide bonds. The van der Waals surface area contributed by atoms with Crippen LogP contribution in [-0.2, 0) is 0 Å². The Morgan fingerprint density at radius 2 is 2.50 bits per heavy atom. The number of hydrogen-bond acceptors (Lipinski definition) is 2. The fraction of sp³-hybridized carbons (Fsp3) is 0. The van der Waals surface area contributed by atoms with E-state index in [9.17, 15) is 4.79 Å². The van der Waals surface area contributed by atoms with Gasteiger partial charge in [-0.15, -0.1) is 4.98 Å². The molecule has 1 aromatic rings. The molecule has 1 heterocycles. The van der Waals surface area contributed by atoms with Gasteiger partial charge in [0, 0.05) is 5.56 Å². The van der Waals surface area contributed by atoms with Crippen LogP contribution in [0, 0.1) is 6.57 Å². The molecule has 3 heteroatoms. The molecular weight excluding hydrogens is 128 g/mol. The molecule has 1 rings (SSSR count). The Bertz CT molecular complexity index is 288. The molecule has 10 heavy (non-hydrogen) atoms. The number of rotatable bonds is 1. The molecule has 0 aliphatic heterocycles. The largest absolute Gasteiger partial charge is 0.361 e. The summed E-state index contributed by atoms with van der Waals surface area (Å²) in [6, 6.07) is 3.00. The Morgan fingerprint density at radius 1 is 1.70 bits per heavy atom. The zero-order valence-electron chi connectivity index (χ0n) is 5.11. The third-order valence-corrected chi connectivity index (χ3v) is 1.02. The van der Waals surface area contributed by atoms with Crippen LogP contribution in [-0.4, -0.2) is 11.3 Å². The predicted octanol–water partition coefficient (Wildman–Crippen LogP) is 1.44. The number of nitrogens with zero attached hydrogens (tertiary/aromatic N) is 2. The van der Waals surface area contributed by atoms with Gasteiger partial charge in [-0.3, -0.25) is 4.79 Å². The summed E-state index contributed by atoms with van der Waals surface area (Å²) in [6.45, 7) is 6.56. The third-order valence-electron chi connectivity index (χ3n) is 1.02. The van der Waals surface area contributed by atoms with E-state index >= 15 is 0 Å². The molecule has 0 aliphatic carbocycles. The van der Waals surface area contributed by atoms with Crippen LogP contribution in [0.5, 0.6) is 0 Å². The Balaban J connectivity index is 3.13. The van der Waals surface area contributed by atoms with Crippen molar-refractivity contribution < 1.29 is 4.79 Å². The Kier molecular flexibility index (Phi) is 1.76. The monoisotopic (exact) mass is 132 g/mol. The number of carbonyl (C=O) groups excluding carboxylic acids is 1. The SMILES string of the molecule is [C-]#[N+]c1cc(C=O)ccn1. The minimum atomic E-state index is 0.254. The van der Waals surface area contributed by atoms with Crippen molar-refractivity contribution in [1.29, 1.82) is 0 Å². The summed E-state index contributed by atoms with van der Waals surface area (Å²) < 4.78 is 0.